The fraction of sp³-hybridized carbons (Fsp3) is 0.889. The van der Waals surface area contributed by atoms with Crippen molar-refractivity contribution in [2.45, 2.75) is 24.7 Å². The average Bonchev–Trinajstić information content (AvgIpc) is 2.53. The maximum Gasteiger partial charge on any atom is 0.411 e. The Labute approximate surface area is 95.8 Å². The number of carboxylic acid groups (broad SMARTS) is 1. The number of halogens is 3. The number of rotatable bonds is 5. The Morgan fingerprint density at radius 3 is 2.65 bits per heavy atom. The molecule has 1 saturated heterocycles. The number of β-amino-alcohol motifs (C(OH)–C–C–N with tert-alkyl or cyclic N) is 1. The van der Waals surface area contributed by atoms with Crippen molar-refractivity contribution in [1.29, 1.82) is 0 Å². The van der Waals surface area contributed by atoms with Crippen LogP contribution in [0.2, 0.25) is 0 Å². The second-order valence-corrected chi connectivity index (χ2v) is 3.91. The van der Waals surface area contributed by atoms with Gasteiger partial charge in [-0.15, -0.1) is 0 Å². The van der Waals surface area contributed by atoms with E-state index in [1.54, 1.807) is 0 Å². The first-order valence-corrected chi connectivity index (χ1v) is 5.09. The van der Waals surface area contributed by atoms with E-state index in [4.69, 9.17) is 5.11 Å². The molecule has 0 aromatic heterocycles. The smallest absolute Gasteiger partial charge is 0.411 e. The van der Waals surface area contributed by atoms with Gasteiger partial charge in [0.05, 0.1) is 12.7 Å². The van der Waals surface area contributed by atoms with Crippen LogP contribution < -0.4 is 0 Å². The van der Waals surface area contributed by atoms with Crippen LogP contribution in [0.3, 0.4) is 0 Å². The summed E-state index contributed by atoms with van der Waals surface area (Å²) in [6.45, 7) is -1.35. The molecule has 0 spiro atoms. The van der Waals surface area contributed by atoms with Crippen LogP contribution in [-0.2, 0) is 9.53 Å². The Morgan fingerprint density at radius 2 is 2.12 bits per heavy atom. The molecule has 1 aliphatic rings. The standard InChI is InChI=1S/C9H14F3NO4/c10-9(11,12)5-17-2-1-13-4-6(14)3-7(13)8(15)16/h6-7,14H,1-5H2,(H,15,16). The lowest BCUT2D eigenvalue weighted by Gasteiger charge is -2.20. The van der Waals surface area contributed by atoms with Crippen LogP contribution in [-0.4, -0.2) is 65.7 Å². The van der Waals surface area contributed by atoms with Gasteiger partial charge in [-0.2, -0.15) is 13.2 Å². The highest BCUT2D eigenvalue weighted by atomic mass is 19.4. The van der Waals surface area contributed by atoms with Gasteiger partial charge in [0.25, 0.3) is 0 Å². The largest absolute Gasteiger partial charge is 0.480 e. The highest BCUT2D eigenvalue weighted by Crippen LogP contribution is 2.18. The van der Waals surface area contributed by atoms with Gasteiger partial charge in [0.15, 0.2) is 0 Å². The van der Waals surface area contributed by atoms with Crippen molar-refractivity contribution in [3.63, 3.8) is 0 Å². The van der Waals surface area contributed by atoms with Gasteiger partial charge in [-0.3, -0.25) is 9.69 Å². The number of ether oxygens (including phenoxy) is 1. The average molecular weight is 257 g/mol. The molecular weight excluding hydrogens is 243 g/mol. The SMILES string of the molecule is O=C(O)C1CC(O)CN1CCOCC(F)(F)F. The lowest BCUT2D eigenvalue weighted by atomic mass is 10.2. The number of aliphatic hydroxyl groups is 1. The molecule has 0 aliphatic carbocycles. The molecule has 5 nitrogen and oxygen atoms in total. The topological polar surface area (TPSA) is 70.0 Å². The predicted octanol–water partition coefficient (Wildman–Crippen LogP) is 0.0851. The van der Waals surface area contributed by atoms with Crippen molar-refractivity contribution in [3.8, 4) is 0 Å². The van der Waals surface area contributed by atoms with E-state index in [1.807, 2.05) is 0 Å². The summed E-state index contributed by atoms with van der Waals surface area (Å²) in [6, 6.07) is -0.848. The molecule has 0 aromatic rings. The minimum absolute atomic E-state index is 0.0596. The maximum atomic E-state index is 11.8. The second-order valence-electron chi connectivity index (χ2n) is 3.91. The molecule has 0 bridgehead atoms. The molecule has 0 aromatic carbocycles. The Bertz CT molecular complexity index is 271. The summed E-state index contributed by atoms with van der Waals surface area (Å²) in [5, 5.41) is 18.1. The summed E-state index contributed by atoms with van der Waals surface area (Å²) in [5.41, 5.74) is 0. The molecule has 0 radical (unpaired) electrons. The highest BCUT2D eigenvalue weighted by Gasteiger charge is 2.35. The van der Waals surface area contributed by atoms with Gasteiger partial charge in [0, 0.05) is 19.5 Å². The Balaban J connectivity index is 2.28. The summed E-state index contributed by atoms with van der Waals surface area (Å²) < 4.78 is 39.6. The number of carbonyl (C=O) groups is 1. The van der Waals surface area contributed by atoms with Crippen molar-refractivity contribution >= 4 is 5.97 Å². The maximum absolute atomic E-state index is 11.8. The van der Waals surface area contributed by atoms with Gasteiger partial charge in [-0.25, -0.2) is 0 Å². The molecule has 2 N–H and O–H groups in total. The molecule has 1 heterocycles. The normalized spacial score (nSPS) is 26.4. The molecule has 1 rings (SSSR count). The third kappa shape index (κ3) is 4.88. The lowest BCUT2D eigenvalue weighted by molar-refractivity contribution is -0.175. The van der Waals surface area contributed by atoms with Gasteiger partial charge >= 0.3 is 12.1 Å². The van der Waals surface area contributed by atoms with Crippen molar-refractivity contribution in [2.24, 2.45) is 0 Å². The highest BCUT2D eigenvalue weighted by molar-refractivity contribution is 5.74. The summed E-state index contributed by atoms with van der Waals surface area (Å²) in [4.78, 5) is 12.2. The van der Waals surface area contributed by atoms with Crippen molar-refractivity contribution in [1.82, 2.24) is 4.90 Å². The summed E-state index contributed by atoms with van der Waals surface area (Å²) in [6.07, 6.45) is -5.04. The third-order valence-corrected chi connectivity index (χ3v) is 2.45. The van der Waals surface area contributed by atoms with Crippen molar-refractivity contribution in [3.05, 3.63) is 0 Å². The fourth-order valence-electron chi connectivity index (χ4n) is 1.75. The summed E-state index contributed by atoms with van der Waals surface area (Å²) in [7, 11) is 0. The van der Waals surface area contributed by atoms with Gasteiger partial charge < -0.3 is 14.9 Å². The number of alkyl halides is 3. The van der Waals surface area contributed by atoms with Gasteiger partial charge in [0.2, 0.25) is 0 Å². The number of likely N-dealkylation sites (tertiary alicyclic amines) is 1. The van der Waals surface area contributed by atoms with E-state index in [2.05, 4.69) is 4.74 Å². The first-order valence-electron chi connectivity index (χ1n) is 5.09. The predicted molar refractivity (Wildman–Crippen MR) is 50.5 cm³/mol. The fourth-order valence-corrected chi connectivity index (χ4v) is 1.75. The van der Waals surface area contributed by atoms with E-state index >= 15 is 0 Å². The molecule has 2 atom stereocenters. The number of aliphatic hydroxyl groups excluding tert-OH is 1. The number of nitrogens with zero attached hydrogens (tertiary/aromatic N) is 1. The molecule has 0 saturated carbocycles. The van der Waals surface area contributed by atoms with Gasteiger partial charge in [-0.05, 0) is 0 Å². The minimum atomic E-state index is -4.38. The van der Waals surface area contributed by atoms with E-state index in [-0.39, 0.29) is 26.1 Å². The molecule has 17 heavy (non-hydrogen) atoms. The first kappa shape index (κ1) is 14.2. The lowest BCUT2D eigenvalue weighted by Crippen LogP contribution is -2.38. The zero-order valence-corrected chi connectivity index (χ0v) is 8.98. The Hall–Kier alpha value is -0.860. The summed E-state index contributed by atoms with van der Waals surface area (Å²) in [5.74, 6) is -1.09. The van der Waals surface area contributed by atoms with Crippen molar-refractivity contribution in [2.75, 3.05) is 26.3 Å². The van der Waals surface area contributed by atoms with Crippen LogP contribution in [0.5, 0.6) is 0 Å². The molecule has 1 fully saturated rings. The number of carboxylic acids is 1. The second kappa shape index (κ2) is 5.65. The quantitative estimate of drug-likeness (QED) is 0.683. The van der Waals surface area contributed by atoms with Crippen LogP contribution in [0, 0.1) is 0 Å². The summed E-state index contributed by atoms with van der Waals surface area (Å²) >= 11 is 0. The molecule has 8 heteroatoms. The van der Waals surface area contributed by atoms with Crippen LogP contribution in [0.15, 0.2) is 0 Å². The Morgan fingerprint density at radius 1 is 1.47 bits per heavy atom. The number of hydrogen-bond donors (Lipinski definition) is 2. The van der Waals surface area contributed by atoms with Gasteiger partial charge in [0.1, 0.15) is 12.6 Å². The number of aliphatic carboxylic acids is 1. The van der Waals surface area contributed by atoms with E-state index in [0.29, 0.717) is 0 Å². The molecule has 2 unspecified atom stereocenters. The molecule has 100 valence electrons. The monoisotopic (exact) mass is 257 g/mol. The van der Waals surface area contributed by atoms with E-state index < -0.39 is 30.9 Å². The zero-order chi connectivity index (χ0) is 13.1. The Kier molecular flexibility index (Phi) is 4.72. The van der Waals surface area contributed by atoms with Crippen LogP contribution >= 0.6 is 0 Å². The molecule has 1 aliphatic heterocycles. The van der Waals surface area contributed by atoms with E-state index in [9.17, 15) is 23.1 Å². The van der Waals surface area contributed by atoms with E-state index in [0.717, 1.165) is 0 Å². The number of hydrogen-bond acceptors (Lipinski definition) is 4. The zero-order valence-electron chi connectivity index (χ0n) is 8.98. The van der Waals surface area contributed by atoms with E-state index in [1.165, 1.54) is 4.90 Å². The van der Waals surface area contributed by atoms with Crippen LogP contribution in [0.1, 0.15) is 6.42 Å². The van der Waals surface area contributed by atoms with Crippen molar-refractivity contribution < 1.29 is 32.9 Å². The minimum Gasteiger partial charge on any atom is -0.480 e. The van der Waals surface area contributed by atoms with Crippen LogP contribution in [0.4, 0.5) is 13.2 Å². The first-order chi connectivity index (χ1) is 7.79. The van der Waals surface area contributed by atoms with Crippen LogP contribution in [0.25, 0.3) is 0 Å². The third-order valence-electron chi connectivity index (χ3n) is 2.45. The van der Waals surface area contributed by atoms with Gasteiger partial charge in [-0.1, -0.05) is 0 Å². The molecular formula is C9H14F3NO4. The molecule has 0 amide bonds.